The fourth-order valence-corrected chi connectivity index (χ4v) is 3.43. The minimum Gasteiger partial charge on any atom is -0.294 e. The van der Waals surface area contributed by atoms with Gasteiger partial charge in [-0.3, -0.25) is 10.1 Å². The van der Waals surface area contributed by atoms with Gasteiger partial charge < -0.3 is 0 Å². The van der Waals surface area contributed by atoms with Crippen molar-refractivity contribution in [1.82, 2.24) is 34.2 Å². The van der Waals surface area contributed by atoms with Crippen LogP contribution >= 0.6 is 11.3 Å². The van der Waals surface area contributed by atoms with Crippen LogP contribution in [-0.4, -0.2) is 40.1 Å². The summed E-state index contributed by atoms with van der Waals surface area (Å²) in [4.78, 5) is 25.9. The first kappa shape index (κ1) is 15.6. The molecule has 0 aliphatic rings. The Balaban J connectivity index is 1.41. The monoisotopic (exact) mass is 376 g/mol. The van der Waals surface area contributed by atoms with Crippen molar-refractivity contribution in [2.75, 3.05) is 5.32 Å². The highest BCUT2D eigenvalue weighted by atomic mass is 32.1. The summed E-state index contributed by atoms with van der Waals surface area (Å²) in [5.41, 5.74) is 2.68. The molecule has 10 heteroatoms. The van der Waals surface area contributed by atoms with Gasteiger partial charge in [0.2, 0.25) is 15.9 Å². The third kappa shape index (κ3) is 2.72. The number of anilines is 1. The van der Waals surface area contributed by atoms with Gasteiger partial charge in [-0.25, -0.2) is 19.0 Å². The molecular formula is C17H12N8OS. The molecule has 0 spiro atoms. The Kier molecular flexibility index (Phi) is 3.44. The quantitative estimate of drug-likeness (QED) is 0.519. The van der Waals surface area contributed by atoms with Gasteiger partial charge in [-0.15, -0.1) is 10.2 Å². The highest BCUT2D eigenvalue weighted by Gasteiger charge is 2.17. The highest BCUT2D eigenvalue weighted by Crippen LogP contribution is 2.24. The first-order chi connectivity index (χ1) is 13.2. The lowest BCUT2D eigenvalue weighted by Gasteiger charge is -1.96. The van der Waals surface area contributed by atoms with Gasteiger partial charge in [0.1, 0.15) is 0 Å². The average Bonchev–Trinajstić information content (AvgIpc) is 3.35. The molecule has 9 nitrogen and oxygen atoms in total. The fraction of sp³-hybridized carbons (Fsp3) is 0.0588. The van der Waals surface area contributed by atoms with Gasteiger partial charge in [-0.1, -0.05) is 41.7 Å². The number of imidazole rings is 1. The van der Waals surface area contributed by atoms with E-state index in [2.05, 4.69) is 30.5 Å². The number of hydrogen-bond acceptors (Lipinski definition) is 7. The van der Waals surface area contributed by atoms with Crippen molar-refractivity contribution >= 4 is 33.1 Å². The number of carbonyl (C=O) groups is 1. The van der Waals surface area contributed by atoms with Gasteiger partial charge in [0.05, 0.1) is 11.9 Å². The number of fused-ring (bicyclic) bond motifs is 2. The van der Waals surface area contributed by atoms with E-state index in [-0.39, 0.29) is 5.82 Å². The smallest absolute Gasteiger partial charge is 0.294 e. The van der Waals surface area contributed by atoms with Crippen molar-refractivity contribution in [1.29, 1.82) is 0 Å². The zero-order chi connectivity index (χ0) is 18.4. The van der Waals surface area contributed by atoms with Crippen molar-refractivity contribution in [2.24, 2.45) is 0 Å². The largest absolute Gasteiger partial charge is 0.297 e. The molecule has 27 heavy (non-hydrogen) atoms. The molecule has 4 heterocycles. The number of aromatic nitrogens is 7. The Morgan fingerprint density at radius 3 is 2.74 bits per heavy atom. The van der Waals surface area contributed by atoms with E-state index < -0.39 is 5.91 Å². The molecule has 0 bridgehead atoms. The third-order valence-corrected chi connectivity index (χ3v) is 4.80. The van der Waals surface area contributed by atoms with Crippen LogP contribution in [0.3, 0.4) is 0 Å². The normalized spacial score (nSPS) is 11.3. The molecule has 1 aromatic carbocycles. The number of benzene rings is 1. The lowest BCUT2D eigenvalue weighted by molar-refractivity contribution is 0.101. The summed E-state index contributed by atoms with van der Waals surface area (Å²) >= 11 is 1.28. The van der Waals surface area contributed by atoms with E-state index >= 15 is 0 Å². The molecule has 0 fully saturated rings. The molecule has 132 valence electrons. The Morgan fingerprint density at radius 2 is 1.96 bits per heavy atom. The number of amides is 1. The number of aryl methyl sites for hydroxylation is 1. The van der Waals surface area contributed by atoms with Gasteiger partial charge in [0.15, 0.2) is 0 Å². The maximum absolute atomic E-state index is 12.4. The number of rotatable bonds is 3. The van der Waals surface area contributed by atoms with Crippen LogP contribution in [0.15, 0.2) is 48.8 Å². The summed E-state index contributed by atoms with van der Waals surface area (Å²) in [7, 11) is 0. The van der Waals surface area contributed by atoms with Gasteiger partial charge in [-0.2, -0.15) is 4.98 Å². The molecule has 0 saturated carbocycles. The fourth-order valence-electron chi connectivity index (χ4n) is 2.65. The molecule has 0 atom stereocenters. The lowest BCUT2D eigenvalue weighted by Crippen LogP contribution is -2.14. The van der Waals surface area contributed by atoms with E-state index in [1.54, 1.807) is 16.8 Å². The Labute approximate surface area is 156 Å². The Bertz CT molecular complexity index is 1260. The SMILES string of the molecule is Cc1ccnc2nc(C(=O)Nc3nn4cc(-c5ccccc5)nc4s3)nn12. The van der Waals surface area contributed by atoms with Crippen LogP contribution in [0.4, 0.5) is 5.13 Å². The van der Waals surface area contributed by atoms with E-state index in [1.165, 1.54) is 15.9 Å². The molecule has 5 aromatic rings. The van der Waals surface area contributed by atoms with Gasteiger partial charge in [-0.05, 0) is 13.0 Å². The second kappa shape index (κ2) is 5.95. The maximum Gasteiger partial charge on any atom is 0.297 e. The van der Waals surface area contributed by atoms with E-state index in [0.29, 0.717) is 15.9 Å². The molecule has 0 saturated heterocycles. The van der Waals surface area contributed by atoms with Crippen LogP contribution in [-0.2, 0) is 0 Å². The van der Waals surface area contributed by atoms with E-state index in [4.69, 9.17) is 0 Å². The molecule has 4 aromatic heterocycles. The van der Waals surface area contributed by atoms with Crippen LogP contribution in [0.25, 0.3) is 22.0 Å². The van der Waals surface area contributed by atoms with Crippen molar-refractivity contribution < 1.29 is 4.79 Å². The first-order valence-corrected chi connectivity index (χ1v) is 8.90. The minimum atomic E-state index is -0.444. The van der Waals surface area contributed by atoms with Crippen molar-refractivity contribution in [3.05, 3.63) is 60.3 Å². The van der Waals surface area contributed by atoms with Crippen molar-refractivity contribution in [3.63, 3.8) is 0 Å². The molecule has 0 aliphatic carbocycles. The average molecular weight is 376 g/mol. The van der Waals surface area contributed by atoms with Crippen LogP contribution in [0.5, 0.6) is 0 Å². The molecule has 1 amide bonds. The highest BCUT2D eigenvalue weighted by molar-refractivity contribution is 7.20. The number of hydrogen-bond donors (Lipinski definition) is 1. The second-order valence-electron chi connectivity index (χ2n) is 5.81. The molecule has 0 aliphatic heterocycles. The van der Waals surface area contributed by atoms with E-state index in [9.17, 15) is 4.79 Å². The van der Waals surface area contributed by atoms with Crippen molar-refractivity contribution in [2.45, 2.75) is 6.92 Å². The molecular weight excluding hydrogens is 364 g/mol. The topological polar surface area (TPSA) is 102 Å². The number of carbonyl (C=O) groups excluding carboxylic acids is 1. The number of nitrogens with zero attached hydrogens (tertiary/aromatic N) is 7. The van der Waals surface area contributed by atoms with Crippen LogP contribution in [0.1, 0.15) is 16.3 Å². The summed E-state index contributed by atoms with van der Waals surface area (Å²) in [6.07, 6.45) is 3.45. The van der Waals surface area contributed by atoms with E-state index in [1.807, 2.05) is 43.5 Å². The molecule has 0 unspecified atom stereocenters. The summed E-state index contributed by atoms with van der Waals surface area (Å²) in [6.45, 7) is 1.87. The summed E-state index contributed by atoms with van der Waals surface area (Å²) in [5, 5.41) is 11.7. The summed E-state index contributed by atoms with van der Waals surface area (Å²) < 4.78 is 3.17. The minimum absolute atomic E-state index is 0.0367. The zero-order valence-corrected chi connectivity index (χ0v) is 14.9. The number of nitrogens with one attached hydrogen (secondary N) is 1. The summed E-state index contributed by atoms with van der Waals surface area (Å²) in [6, 6.07) is 11.6. The zero-order valence-electron chi connectivity index (χ0n) is 14.1. The predicted octanol–water partition coefficient (Wildman–Crippen LogP) is 2.46. The lowest BCUT2D eigenvalue weighted by atomic mass is 10.2. The Morgan fingerprint density at radius 1 is 1.11 bits per heavy atom. The molecule has 0 radical (unpaired) electrons. The molecule has 1 N–H and O–H groups in total. The second-order valence-corrected chi connectivity index (χ2v) is 6.77. The first-order valence-electron chi connectivity index (χ1n) is 8.09. The molecule has 5 rings (SSSR count). The van der Waals surface area contributed by atoms with Crippen LogP contribution in [0.2, 0.25) is 0 Å². The van der Waals surface area contributed by atoms with Gasteiger partial charge in [0, 0.05) is 17.5 Å². The standard InChI is InChI=1S/C17H12N8OS/c1-10-7-8-18-15-20-13(22-25(10)15)14(26)21-16-23-24-9-12(19-17(24)27-16)11-5-3-2-4-6-11/h2-9H,1H3,(H,21,23,26). The van der Waals surface area contributed by atoms with E-state index in [0.717, 1.165) is 17.0 Å². The van der Waals surface area contributed by atoms with Crippen LogP contribution in [0, 0.1) is 6.92 Å². The maximum atomic E-state index is 12.4. The van der Waals surface area contributed by atoms with Crippen LogP contribution < -0.4 is 5.32 Å². The third-order valence-electron chi connectivity index (χ3n) is 3.97. The predicted molar refractivity (Wildman–Crippen MR) is 99.8 cm³/mol. The van der Waals surface area contributed by atoms with Gasteiger partial charge in [0.25, 0.3) is 11.7 Å². The van der Waals surface area contributed by atoms with Crippen molar-refractivity contribution in [3.8, 4) is 11.3 Å². The summed E-state index contributed by atoms with van der Waals surface area (Å²) in [5.74, 6) is -0.0311. The Hall–Kier alpha value is -3.66. The van der Waals surface area contributed by atoms with Gasteiger partial charge >= 0.3 is 0 Å².